The van der Waals surface area contributed by atoms with Crippen LogP contribution in [-0.4, -0.2) is 17.0 Å². The first-order chi connectivity index (χ1) is 10.4. The van der Waals surface area contributed by atoms with Gasteiger partial charge in [0.15, 0.2) is 0 Å². The Morgan fingerprint density at radius 1 is 1.36 bits per heavy atom. The Hall–Kier alpha value is -2.70. The summed E-state index contributed by atoms with van der Waals surface area (Å²) in [7, 11) is 0. The number of aryl methyl sites for hydroxylation is 2. The second-order valence-corrected chi connectivity index (χ2v) is 4.65. The van der Waals surface area contributed by atoms with Gasteiger partial charge in [0.2, 0.25) is 6.10 Å². The molecule has 0 aliphatic carbocycles. The van der Waals surface area contributed by atoms with Crippen LogP contribution in [0.25, 0.3) is 0 Å². The molecule has 0 radical (unpaired) electrons. The minimum atomic E-state index is -1.31. The highest BCUT2D eigenvalue weighted by Crippen LogP contribution is 2.22. The second kappa shape index (κ2) is 6.38. The normalized spacial score (nSPS) is 12.0. The lowest BCUT2D eigenvalue weighted by Crippen LogP contribution is -2.26. The lowest BCUT2D eigenvalue weighted by atomic mass is 10.1. The molecule has 1 aromatic carbocycles. The molecule has 1 heterocycles. The fourth-order valence-electron chi connectivity index (χ4n) is 2.01. The molecule has 22 heavy (non-hydrogen) atoms. The maximum Gasteiger partial charge on any atom is 0.344 e. The number of ether oxygens (including phenoxy) is 1. The maximum atomic E-state index is 12.9. The lowest BCUT2D eigenvalue weighted by molar-refractivity contribution is -0.127. The molecule has 6 nitrogen and oxygen atoms in total. The molecule has 1 aromatic heterocycles. The number of amides is 1. The van der Waals surface area contributed by atoms with Crippen LogP contribution in [0.1, 0.15) is 40.4 Å². The SMILES string of the molecule is CCc1noc(C)c1C(=O)O[C@H](C(N)=O)c1ccc(F)cc1. The molecule has 1 amide bonds. The first kappa shape index (κ1) is 15.7. The number of nitrogens with zero attached hydrogens (tertiary/aromatic N) is 1. The zero-order valence-electron chi connectivity index (χ0n) is 12.1. The van der Waals surface area contributed by atoms with Gasteiger partial charge in [-0.25, -0.2) is 9.18 Å². The van der Waals surface area contributed by atoms with E-state index < -0.39 is 23.8 Å². The molecule has 2 rings (SSSR count). The van der Waals surface area contributed by atoms with Crippen LogP contribution in [0, 0.1) is 12.7 Å². The lowest BCUT2D eigenvalue weighted by Gasteiger charge is -2.15. The summed E-state index contributed by atoms with van der Waals surface area (Å²) in [6.45, 7) is 3.37. The predicted octanol–water partition coefficient (Wildman–Crippen LogP) is 2.07. The zero-order chi connectivity index (χ0) is 16.3. The van der Waals surface area contributed by atoms with Gasteiger partial charge in [0.05, 0.1) is 5.69 Å². The number of rotatable bonds is 5. The number of esters is 1. The predicted molar refractivity (Wildman–Crippen MR) is 74.4 cm³/mol. The minimum absolute atomic E-state index is 0.177. The van der Waals surface area contributed by atoms with E-state index in [2.05, 4.69) is 5.16 Å². The Labute approximate surface area is 126 Å². The summed E-state index contributed by atoms with van der Waals surface area (Å²) >= 11 is 0. The minimum Gasteiger partial charge on any atom is -0.444 e. The van der Waals surface area contributed by atoms with E-state index in [0.29, 0.717) is 17.9 Å². The highest BCUT2D eigenvalue weighted by molar-refractivity contribution is 5.94. The van der Waals surface area contributed by atoms with Crippen molar-refractivity contribution in [2.45, 2.75) is 26.4 Å². The van der Waals surface area contributed by atoms with Crippen LogP contribution < -0.4 is 5.73 Å². The molecule has 0 saturated carbocycles. The van der Waals surface area contributed by atoms with Crippen LogP contribution in [0.3, 0.4) is 0 Å². The number of hydrogen-bond acceptors (Lipinski definition) is 5. The van der Waals surface area contributed by atoms with Gasteiger partial charge in [-0.3, -0.25) is 4.79 Å². The van der Waals surface area contributed by atoms with E-state index in [1.807, 2.05) is 0 Å². The summed E-state index contributed by atoms with van der Waals surface area (Å²) in [6, 6.07) is 4.97. The van der Waals surface area contributed by atoms with E-state index in [1.54, 1.807) is 13.8 Å². The van der Waals surface area contributed by atoms with E-state index in [9.17, 15) is 14.0 Å². The molecule has 0 spiro atoms. The van der Waals surface area contributed by atoms with Gasteiger partial charge in [0.25, 0.3) is 5.91 Å². The van der Waals surface area contributed by atoms with E-state index in [-0.39, 0.29) is 11.1 Å². The topological polar surface area (TPSA) is 95.4 Å². The van der Waals surface area contributed by atoms with E-state index in [1.165, 1.54) is 12.1 Å². The highest BCUT2D eigenvalue weighted by Gasteiger charge is 2.27. The molecular formula is C15H15FN2O4. The molecule has 0 bridgehead atoms. The van der Waals surface area contributed by atoms with Crippen LogP contribution >= 0.6 is 0 Å². The molecule has 0 aliphatic heterocycles. The van der Waals surface area contributed by atoms with Crippen LogP contribution in [-0.2, 0) is 16.0 Å². The number of primary amides is 1. The van der Waals surface area contributed by atoms with Crippen molar-refractivity contribution in [2.24, 2.45) is 5.73 Å². The monoisotopic (exact) mass is 306 g/mol. The van der Waals surface area contributed by atoms with E-state index >= 15 is 0 Å². The number of aromatic nitrogens is 1. The van der Waals surface area contributed by atoms with Gasteiger partial charge in [-0.1, -0.05) is 24.2 Å². The van der Waals surface area contributed by atoms with Crippen LogP contribution in [0.15, 0.2) is 28.8 Å². The number of nitrogens with two attached hydrogens (primary N) is 1. The van der Waals surface area contributed by atoms with Crippen molar-refractivity contribution in [1.82, 2.24) is 5.16 Å². The summed E-state index contributed by atoms with van der Waals surface area (Å²) in [5.74, 6) is -1.79. The van der Waals surface area contributed by atoms with Crippen molar-refractivity contribution >= 4 is 11.9 Å². The molecule has 0 aliphatic rings. The van der Waals surface area contributed by atoms with Crippen LogP contribution in [0.5, 0.6) is 0 Å². The Morgan fingerprint density at radius 3 is 2.55 bits per heavy atom. The quantitative estimate of drug-likeness (QED) is 0.853. The van der Waals surface area contributed by atoms with Gasteiger partial charge < -0.3 is 15.0 Å². The summed E-state index contributed by atoms with van der Waals surface area (Å²) in [5, 5.41) is 3.75. The third-order valence-electron chi connectivity index (χ3n) is 3.13. The largest absolute Gasteiger partial charge is 0.444 e. The fraction of sp³-hybridized carbons (Fsp3) is 0.267. The molecule has 7 heteroatoms. The van der Waals surface area contributed by atoms with Gasteiger partial charge in [-0.2, -0.15) is 0 Å². The third-order valence-corrected chi connectivity index (χ3v) is 3.13. The summed E-state index contributed by atoms with van der Waals surface area (Å²) in [4.78, 5) is 23.8. The summed E-state index contributed by atoms with van der Waals surface area (Å²) < 4.78 is 23.1. The van der Waals surface area contributed by atoms with Crippen molar-refractivity contribution in [2.75, 3.05) is 0 Å². The van der Waals surface area contributed by atoms with Gasteiger partial charge in [-0.05, 0) is 25.5 Å². The molecule has 0 fully saturated rings. The third kappa shape index (κ3) is 3.13. The number of carbonyl (C=O) groups excluding carboxylic acids is 2. The van der Waals surface area contributed by atoms with Crippen molar-refractivity contribution in [3.63, 3.8) is 0 Å². The fourth-order valence-corrected chi connectivity index (χ4v) is 2.01. The standard InChI is InChI=1S/C15H15FN2O4/c1-3-11-12(8(2)22-18-11)15(20)21-13(14(17)19)9-4-6-10(16)7-5-9/h4-7,13H,3H2,1-2H3,(H2,17,19)/t13-/m0/s1. The van der Waals surface area contributed by atoms with E-state index in [0.717, 1.165) is 12.1 Å². The zero-order valence-corrected chi connectivity index (χ0v) is 12.1. The van der Waals surface area contributed by atoms with Crippen LogP contribution in [0.2, 0.25) is 0 Å². The van der Waals surface area contributed by atoms with Crippen molar-refractivity contribution in [1.29, 1.82) is 0 Å². The smallest absolute Gasteiger partial charge is 0.344 e. The molecule has 2 aromatic rings. The van der Waals surface area contributed by atoms with Gasteiger partial charge >= 0.3 is 5.97 Å². The Kier molecular flexibility index (Phi) is 4.55. The number of benzene rings is 1. The summed E-state index contributed by atoms with van der Waals surface area (Å²) in [5.41, 5.74) is 6.17. The molecule has 2 N–H and O–H groups in total. The number of hydrogen-bond donors (Lipinski definition) is 1. The van der Waals surface area contributed by atoms with Crippen LogP contribution in [0.4, 0.5) is 4.39 Å². The van der Waals surface area contributed by atoms with Crippen molar-refractivity contribution < 1.29 is 23.2 Å². The Balaban J connectivity index is 2.28. The first-order valence-corrected chi connectivity index (χ1v) is 6.65. The average molecular weight is 306 g/mol. The molecular weight excluding hydrogens is 291 g/mol. The van der Waals surface area contributed by atoms with Crippen molar-refractivity contribution in [3.8, 4) is 0 Å². The first-order valence-electron chi connectivity index (χ1n) is 6.65. The molecule has 0 saturated heterocycles. The number of carbonyl (C=O) groups is 2. The van der Waals surface area contributed by atoms with Gasteiger partial charge in [0.1, 0.15) is 17.1 Å². The van der Waals surface area contributed by atoms with Gasteiger partial charge in [-0.15, -0.1) is 0 Å². The van der Waals surface area contributed by atoms with E-state index in [4.69, 9.17) is 15.0 Å². The van der Waals surface area contributed by atoms with Crippen molar-refractivity contribution in [3.05, 3.63) is 52.7 Å². The molecule has 1 atom stereocenters. The second-order valence-electron chi connectivity index (χ2n) is 4.65. The summed E-state index contributed by atoms with van der Waals surface area (Å²) in [6.07, 6.45) is -0.841. The van der Waals surface area contributed by atoms with Gasteiger partial charge in [0, 0.05) is 5.56 Å². The average Bonchev–Trinajstić information content (AvgIpc) is 2.86. The highest BCUT2D eigenvalue weighted by atomic mass is 19.1. The molecule has 0 unspecified atom stereocenters. The Bertz CT molecular complexity index is 694. The Morgan fingerprint density at radius 2 is 2.00 bits per heavy atom. The molecule has 116 valence electrons. The number of halogens is 1. The maximum absolute atomic E-state index is 12.9.